The van der Waals surface area contributed by atoms with Crippen LogP contribution in [0, 0.1) is 6.92 Å². The van der Waals surface area contributed by atoms with E-state index in [0.29, 0.717) is 0 Å². The van der Waals surface area contributed by atoms with Crippen LogP contribution in [0.3, 0.4) is 0 Å². The lowest BCUT2D eigenvalue weighted by molar-refractivity contribution is 0.242. The van der Waals surface area contributed by atoms with Gasteiger partial charge in [-0.2, -0.15) is 0 Å². The van der Waals surface area contributed by atoms with Crippen molar-refractivity contribution < 1.29 is 4.79 Å². The molecule has 0 aromatic heterocycles. The van der Waals surface area contributed by atoms with E-state index in [1.165, 1.54) is 16.7 Å². The number of benzene rings is 1. The van der Waals surface area contributed by atoms with E-state index in [9.17, 15) is 4.79 Å². The van der Waals surface area contributed by atoms with E-state index in [1.54, 1.807) is 18.3 Å². The van der Waals surface area contributed by atoms with E-state index >= 15 is 0 Å². The van der Waals surface area contributed by atoms with E-state index in [0.717, 1.165) is 18.5 Å². The van der Waals surface area contributed by atoms with Crippen molar-refractivity contribution in [3.63, 3.8) is 0 Å². The second kappa shape index (κ2) is 6.05. The van der Waals surface area contributed by atoms with Gasteiger partial charge in [0, 0.05) is 0 Å². The van der Waals surface area contributed by atoms with Crippen LogP contribution in [0.2, 0.25) is 0 Å². The molecule has 108 valence electrons. The van der Waals surface area contributed by atoms with Crippen molar-refractivity contribution in [1.29, 1.82) is 0 Å². The van der Waals surface area contributed by atoms with Crippen molar-refractivity contribution in [3.8, 4) is 0 Å². The second-order valence-corrected chi connectivity index (χ2v) is 4.91. The molecule has 0 aliphatic carbocycles. The summed E-state index contributed by atoms with van der Waals surface area (Å²) in [5.74, 6) is 0. The predicted octanol–water partition coefficient (Wildman–Crippen LogP) is 2.18. The van der Waals surface area contributed by atoms with Gasteiger partial charge in [-0.3, -0.25) is 10.2 Å². The maximum atomic E-state index is 12.3. The SMILES string of the molecule is CCc1cc(C)cc(CC)c1N1C=NC(NC)NC1=O. The van der Waals surface area contributed by atoms with Crippen LogP contribution in [-0.4, -0.2) is 25.7 Å². The summed E-state index contributed by atoms with van der Waals surface area (Å²) in [5.41, 5.74) is 4.54. The maximum Gasteiger partial charge on any atom is 0.329 e. The number of anilines is 1. The number of hydrogen-bond donors (Lipinski definition) is 2. The number of amides is 2. The predicted molar refractivity (Wildman–Crippen MR) is 82.3 cm³/mol. The van der Waals surface area contributed by atoms with Crippen molar-refractivity contribution in [2.45, 2.75) is 39.9 Å². The van der Waals surface area contributed by atoms with Gasteiger partial charge in [-0.05, 0) is 37.9 Å². The van der Waals surface area contributed by atoms with E-state index in [1.807, 2.05) is 0 Å². The van der Waals surface area contributed by atoms with Crippen LogP contribution >= 0.6 is 0 Å². The molecule has 0 spiro atoms. The summed E-state index contributed by atoms with van der Waals surface area (Å²) < 4.78 is 0. The fourth-order valence-corrected chi connectivity index (χ4v) is 2.50. The molecule has 2 amide bonds. The molecule has 1 atom stereocenters. The van der Waals surface area contributed by atoms with Gasteiger partial charge in [-0.15, -0.1) is 0 Å². The van der Waals surface area contributed by atoms with E-state index < -0.39 is 0 Å². The Balaban J connectivity index is 2.49. The molecule has 0 bridgehead atoms. The van der Waals surface area contributed by atoms with Gasteiger partial charge in [0.05, 0.1) is 5.69 Å². The van der Waals surface area contributed by atoms with E-state index in [2.05, 4.69) is 48.5 Å². The number of aliphatic imine (C=N–C) groups is 1. The Morgan fingerprint density at radius 2 is 1.90 bits per heavy atom. The van der Waals surface area contributed by atoms with Crippen LogP contribution in [0.4, 0.5) is 10.5 Å². The molecule has 1 unspecified atom stereocenters. The van der Waals surface area contributed by atoms with Gasteiger partial charge < -0.3 is 5.32 Å². The lowest BCUT2D eigenvalue weighted by Crippen LogP contribution is -2.53. The lowest BCUT2D eigenvalue weighted by atomic mass is 9.99. The minimum absolute atomic E-state index is 0.146. The highest BCUT2D eigenvalue weighted by molar-refractivity contribution is 6.10. The molecule has 2 rings (SSSR count). The first-order chi connectivity index (χ1) is 9.60. The number of carbonyl (C=O) groups excluding carboxylic acids is 1. The molecule has 1 heterocycles. The number of nitrogens with zero attached hydrogens (tertiary/aromatic N) is 2. The third kappa shape index (κ3) is 2.67. The van der Waals surface area contributed by atoms with Crippen LogP contribution in [0.15, 0.2) is 17.1 Å². The number of carbonyl (C=O) groups is 1. The Hall–Kier alpha value is -1.88. The molecule has 1 aromatic rings. The van der Waals surface area contributed by atoms with Crippen LogP contribution < -0.4 is 15.5 Å². The topological polar surface area (TPSA) is 56.7 Å². The zero-order valence-electron chi connectivity index (χ0n) is 12.5. The normalized spacial score (nSPS) is 18.3. The number of hydrogen-bond acceptors (Lipinski definition) is 3. The van der Waals surface area contributed by atoms with Crippen LogP contribution in [0.5, 0.6) is 0 Å². The Bertz CT molecular complexity index is 514. The number of rotatable bonds is 4. The summed E-state index contributed by atoms with van der Waals surface area (Å²) in [6.07, 6.45) is 3.04. The van der Waals surface area contributed by atoms with Crippen LogP contribution in [0.1, 0.15) is 30.5 Å². The molecule has 1 aliphatic heterocycles. The Labute approximate surface area is 120 Å². The summed E-state index contributed by atoms with van der Waals surface area (Å²) >= 11 is 0. The fraction of sp³-hybridized carbons (Fsp3) is 0.467. The van der Waals surface area contributed by atoms with Crippen molar-refractivity contribution in [3.05, 3.63) is 28.8 Å². The zero-order valence-corrected chi connectivity index (χ0v) is 12.5. The maximum absolute atomic E-state index is 12.3. The molecule has 20 heavy (non-hydrogen) atoms. The molecule has 2 N–H and O–H groups in total. The summed E-state index contributed by atoms with van der Waals surface area (Å²) in [6.45, 7) is 6.30. The molecular formula is C15H22N4O. The van der Waals surface area contributed by atoms with Crippen molar-refractivity contribution in [2.24, 2.45) is 4.99 Å². The highest BCUT2D eigenvalue weighted by Gasteiger charge is 2.25. The molecule has 5 nitrogen and oxygen atoms in total. The van der Waals surface area contributed by atoms with Gasteiger partial charge in [0.2, 0.25) is 0 Å². The summed E-state index contributed by atoms with van der Waals surface area (Å²) in [6, 6.07) is 4.13. The fourth-order valence-electron chi connectivity index (χ4n) is 2.50. The Morgan fingerprint density at radius 3 is 2.35 bits per heavy atom. The van der Waals surface area contributed by atoms with E-state index in [4.69, 9.17) is 0 Å². The van der Waals surface area contributed by atoms with Gasteiger partial charge in [-0.25, -0.2) is 9.79 Å². The lowest BCUT2D eigenvalue weighted by Gasteiger charge is -2.29. The smallest absolute Gasteiger partial charge is 0.303 e. The summed E-state index contributed by atoms with van der Waals surface area (Å²) in [7, 11) is 1.76. The second-order valence-electron chi connectivity index (χ2n) is 4.91. The average Bonchev–Trinajstić information content (AvgIpc) is 2.46. The zero-order chi connectivity index (χ0) is 14.7. The molecule has 1 aliphatic rings. The van der Waals surface area contributed by atoms with Gasteiger partial charge in [0.15, 0.2) is 6.29 Å². The quantitative estimate of drug-likeness (QED) is 0.884. The molecule has 0 saturated heterocycles. The largest absolute Gasteiger partial charge is 0.329 e. The van der Waals surface area contributed by atoms with Gasteiger partial charge in [-0.1, -0.05) is 31.5 Å². The molecule has 0 saturated carbocycles. The molecular weight excluding hydrogens is 252 g/mol. The first kappa shape index (κ1) is 14.5. The highest BCUT2D eigenvalue weighted by Crippen LogP contribution is 2.28. The summed E-state index contributed by atoms with van der Waals surface area (Å²) in [4.78, 5) is 18.2. The standard InChI is InChI=1S/C15H22N4O/c1-5-11-7-10(3)8-12(6-2)13(11)19-9-17-14(16-4)18-15(19)20/h7-9,14,16H,5-6H2,1-4H3,(H,18,20). The summed E-state index contributed by atoms with van der Waals surface area (Å²) in [5, 5.41) is 5.73. The Kier molecular flexibility index (Phi) is 4.39. The van der Waals surface area contributed by atoms with Crippen molar-refractivity contribution >= 4 is 18.1 Å². The highest BCUT2D eigenvalue weighted by atomic mass is 16.2. The van der Waals surface area contributed by atoms with Crippen molar-refractivity contribution in [1.82, 2.24) is 10.6 Å². The number of aryl methyl sites for hydroxylation is 3. The van der Waals surface area contributed by atoms with E-state index in [-0.39, 0.29) is 12.3 Å². The molecule has 5 heteroatoms. The molecule has 0 fully saturated rings. The Morgan fingerprint density at radius 1 is 1.30 bits per heavy atom. The number of nitrogens with one attached hydrogen (secondary N) is 2. The minimum atomic E-state index is -0.348. The van der Waals surface area contributed by atoms with Crippen LogP contribution in [0.25, 0.3) is 0 Å². The van der Waals surface area contributed by atoms with Gasteiger partial charge >= 0.3 is 6.03 Å². The van der Waals surface area contributed by atoms with Crippen LogP contribution in [-0.2, 0) is 12.8 Å². The average molecular weight is 274 g/mol. The molecule has 1 aromatic carbocycles. The van der Waals surface area contributed by atoms with Crippen molar-refractivity contribution in [2.75, 3.05) is 11.9 Å². The first-order valence-electron chi connectivity index (χ1n) is 7.03. The monoisotopic (exact) mass is 274 g/mol. The molecule has 0 radical (unpaired) electrons. The number of urea groups is 1. The van der Waals surface area contributed by atoms with Gasteiger partial charge in [0.1, 0.15) is 6.34 Å². The minimum Gasteiger partial charge on any atom is -0.303 e. The third-order valence-corrected chi connectivity index (χ3v) is 3.50. The first-order valence-corrected chi connectivity index (χ1v) is 7.03. The van der Waals surface area contributed by atoms with Gasteiger partial charge in [0.25, 0.3) is 0 Å². The third-order valence-electron chi connectivity index (χ3n) is 3.50.